The van der Waals surface area contributed by atoms with Crippen molar-refractivity contribution in [2.24, 2.45) is 20.5 Å². The monoisotopic (exact) mass is 530 g/mol. The normalized spacial score (nSPS) is 11.2. The van der Waals surface area contributed by atoms with E-state index >= 15 is 0 Å². The summed E-state index contributed by atoms with van der Waals surface area (Å²) in [5.41, 5.74) is 5.03. The maximum atomic E-state index is 11.5. The summed E-state index contributed by atoms with van der Waals surface area (Å²) in [6, 6.07) is 22.3. The molecule has 10 heteroatoms. The molecule has 0 aliphatic rings. The number of hydrogen-bond donors (Lipinski definition) is 2. The van der Waals surface area contributed by atoms with Crippen LogP contribution in [-0.2, 0) is 9.53 Å². The van der Waals surface area contributed by atoms with Crippen LogP contribution in [0.5, 0.6) is 0 Å². The van der Waals surface area contributed by atoms with Crippen molar-refractivity contribution in [2.75, 3.05) is 56.3 Å². The number of nitrogens with zero attached hydrogens (tertiary/aromatic N) is 6. The van der Waals surface area contributed by atoms with E-state index in [4.69, 9.17) is 4.74 Å². The highest BCUT2D eigenvalue weighted by molar-refractivity contribution is 5.86. The van der Waals surface area contributed by atoms with Crippen LogP contribution in [0.1, 0.15) is 6.92 Å². The van der Waals surface area contributed by atoms with Gasteiger partial charge in [0.15, 0.2) is 0 Å². The van der Waals surface area contributed by atoms with Crippen LogP contribution in [0.15, 0.2) is 105 Å². The third-order valence-corrected chi connectivity index (χ3v) is 5.67. The van der Waals surface area contributed by atoms with Crippen LogP contribution in [0.3, 0.4) is 0 Å². The van der Waals surface area contributed by atoms with E-state index in [1.54, 1.807) is 6.92 Å². The zero-order valence-corrected chi connectivity index (χ0v) is 22.3. The molecule has 0 saturated heterocycles. The molecule has 3 rings (SSSR count). The lowest BCUT2D eigenvalue weighted by Gasteiger charge is -2.22. The number of likely N-dealkylation sites (N-methyl/N-ethyl adjacent to an activating group) is 1. The minimum atomic E-state index is -0.386. The van der Waals surface area contributed by atoms with Crippen LogP contribution in [-0.4, -0.2) is 62.7 Å². The van der Waals surface area contributed by atoms with Crippen molar-refractivity contribution in [1.29, 1.82) is 0 Å². The summed E-state index contributed by atoms with van der Waals surface area (Å²) < 4.78 is 5.14. The highest BCUT2D eigenvalue weighted by Crippen LogP contribution is 2.25. The number of aliphatic hydroxyl groups excluding tert-OH is 2. The molecular weight excluding hydrogens is 496 g/mol. The van der Waals surface area contributed by atoms with Crippen molar-refractivity contribution in [1.82, 2.24) is 0 Å². The fourth-order valence-electron chi connectivity index (χ4n) is 3.46. The molecular formula is C29H34N6O4. The van der Waals surface area contributed by atoms with Gasteiger partial charge in [-0.25, -0.2) is 4.79 Å². The van der Waals surface area contributed by atoms with Crippen LogP contribution >= 0.6 is 0 Å². The highest BCUT2D eigenvalue weighted by Gasteiger charge is 2.06. The molecule has 0 aliphatic carbocycles. The Bertz CT molecular complexity index is 1250. The molecule has 0 aromatic heterocycles. The minimum Gasteiger partial charge on any atom is -0.460 e. The molecule has 3 aromatic rings. The minimum absolute atomic E-state index is 0.0126. The third kappa shape index (κ3) is 9.44. The highest BCUT2D eigenvalue weighted by atomic mass is 16.5. The molecule has 2 N–H and O–H groups in total. The lowest BCUT2D eigenvalue weighted by atomic mass is 10.2. The molecule has 0 spiro atoms. The molecule has 0 amide bonds. The summed E-state index contributed by atoms with van der Waals surface area (Å²) in [5.74, 6) is -0.386. The van der Waals surface area contributed by atoms with Crippen molar-refractivity contribution in [3.05, 3.63) is 84.9 Å². The summed E-state index contributed by atoms with van der Waals surface area (Å²) in [6.07, 6.45) is 0. The predicted molar refractivity (Wildman–Crippen MR) is 153 cm³/mol. The number of carbonyl (C=O) groups excluding carboxylic acids is 1. The quantitative estimate of drug-likeness (QED) is 0.153. The lowest BCUT2D eigenvalue weighted by molar-refractivity contribution is -0.138. The number of ether oxygens (including phenoxy) is 1. The number of carbonyl (C=O) groups is 1. The topological polar surface area (TPSA) is 123 Å². The van der Waals surface area contributed by atoms with Gasteiger partial charge in [-0.1, -0.05) is 6.58 Å². The average molecular weight is 531 g/mol. The number of rotatable bonds is 14. The van der Waals surface area contributed by atoms with E-state index < -0.39 is 0 Å². The van der Waals surface area contributed by atoms with E-state index in [1.165, 1.54) is 0 Å². The molecule has 0 fully saturated rings. The lowest BCUT2D eigenvalue weighted by Crippen LogP contribution is -2.29. The number of benzene rings is 3. The first-order valence-corrected chi connectivity index (χ1v) is 12.5. The summed E-state index contributed by atoms with van der Waals surface area (Å²) in [6.45, 7) is 6.95. The van der Waals surface area contributed by atoms with Gasteiger partial charge in [0.2, 0.25) is 0 Å². The maximum absolute atomic E-state index is 11.5. The van der Waals surface area contributed by atoms with Gasteiger partial charge in [-0.3, -0.25) is 0 Å². The molecule has 10 nitrogen and oxygen atoms in total. The van der Waals surface area contributed by atoms with Crippen molar-refractivity contribution in [3.63, 3.8) is 0 Å². The zero-order valence-electron chi connectivity index (χ0n) is 22.3. The van der Waals surface area contributed by atoms with Crippen LogP contribution in [0.2, 0.25) is 0 Å². The van der Waals surface area contributed by atoms with E-state index in [9.17, 15) is 15.0 Å². The van der Waals surface area contributed by atoms with Crippen molar-refractivity contribution >= 4 is 40.1 Å². The predicted octanol–water partition coefficient (Wildman–Crippen LogP) is 5.86. The van der Waals surface area contributed by atoms with Gasteiger partial charge in [0.1, 0.15) is 6.61 Å². The number of esters is 1. The van der Waals surface area contributed by atoms with Crippen molar-refractivity contribution in [2.45, 2.75) is 6.92 Å². The third-order valence-electron chi connectivity index (χ3n) is 5.67. The van der Waals surface area contributed by atoms with Gasteiger partial charge in [0.25, 0.3) is 0 Å². The maximum Gasteiger partial charge on any atom is 0.333 e. The van der Waals surface area contributed by atoms with E-state index in [-0.39, 0.29) is 25.8 Å². The summed E-state index contributed by atoms with van der Waals surface area (Å²) >= 11 is 0. The molecule has 0 saturated carbocycles. The molecule has 39 heavy (non-hydrogen) atoms. The Kier molecular flexibility index (Phi) is 11.3. The second-order valence-corrected chi connectivity index (χ2v) is 8.72. The zero-order chi connectivity index (χ0) is 28.0. The van der Waals surface area contributed by atoms with Gasteiger partial charge in [-0.05, 0) is 79.7 Å². The van der Waals surface area contributed by atoms with Gasteiger partial charge in [0, 0.05) is 37.1 Å². The van der Waals surface area contributed by atoms with E-state index in [0.717, 1.165) is 11.4 Å². The van der Waals surface area contributed by atoms with E-state index in [1.807, 2.05) is 89.6 Å². The largest absolute Gasteiger partial charge is 0.460 e. The average Bonchev–Trinajstić information content (AvgIpc) is 2.96. The number of anilines is 2. The number of hydrogen-bond acceptors (Lipinski definition) is 10. The van der Waals surface area contributed by atoms with Gasteiger partial charge >= 0.3 is 5.97 Å². The van der Waals surface area contributed by atoms with Crippen molar-refractivity contribution < 1.29 is 19.7 Å². The van der Waals surface area contributed by atoms with Gasteiger partial charge in [-0.15, -0.1) is 0 Å². The van der Waals surface area contributed by atoms with Gasteiger partial charge in [0.05, 0.1) is 42.5 Å². The molecule has 0 atom stereocenters. The Morgan fingerprint density at radius 2 is 1.10 bits per heavy atom. The van der Waals surface area contributed by atoms with Crippen LogP contribution in [0.25, 0.3) is 0 Å². The van der Waals surface area contributed by atoms with E-state index in [0.29, 0.717) is 48.0 Å². The first kappa shape index (κ1) is 29.2. The smallest absolute Gasteiger partial charge is 0.333 e. The number of aliphatic hydroxyl groups is 2. The second-order valence-electron chi connectivity index (χ2n) is 8.72. The Hall–Kier alpha value is -4.41. The standard InChI is InChI=1S/C29H34N6O4/c1-22(2)29(38)39-21-18-34(3)27-12-8-25(9-13-27)32-30-23-4-6-24(7-5-23)31-33-26-10-14-28(15-11-26)35(16-19-36)17-20-37/h4-15,36-37H,1,16-21H2,2-3H3. The van der Waals surface area contributed by atoms with Crippen LogP contribution < -0.4 is 9.80 Å². The first-order chi connectivity index (χ1) is 18.9. The summed E-state index contributed by atoms with van der Waals surface area (Å²) in [4.78, 5) is 15.4. The molecule has 0 heterocycles. The van der Waals surface area contributed by atoms with Crippen LogP contribution in [0, 0.1) is 0 Å². The number of azo groups is 2. The Labute approximate surface area is 228 Å². The second kappa shape index (κ2) is 15.1. The Balaban J connectivity index is 1.52. The van der Waals surface area contributed by atoms with Gasteiger partial charge in [-0.2, -0.15) is 20.5 Å². The molecule has 3 aromatic carbocycles. The first-order valence-electron chi connectivity index (χ1n) is 12.5. The molecule has 204 valence electrons. The molecule has 0 unspecified atom stereocenters. The molecule has 0 aliphatic heterocycles. The fraction of sp³-hybridized carbons (Fsp3) is 0.276. The fourth-order valence-corrected chi connectivity index (χ4v) is 3.46. The van der Waals surface area contributed by atoms with E-state index in [2.05, 4.69) is 27.0 Å². The summed E-state index contributed by atoms with van der Waals surface area (Å²) in [7, 11) is 1.92. The van der Waals surface area contributed by atoms with Crippen molar-refractivity contribution in [3.8, 4) is 0 Å². The summed E-state index contributed by atoms with van der Waals surface area (Å²) in [5, 5.41) is 35.5. The van der Waals surface area contributed by atoms with Gasteiger partial charge < -0.3 is 24.7 Å². The molecule has 0 radical (unpaired) electrons. The van der Waals surface area contributed by atoms with Crippen LogP contribution in [0.4, 0.5) is 34.1 Å². The SMILES string of the molecule is C=C(C)C(=O)OCCN(C)c1ccc(N=Nc2ccc(N=Nc3ccc(N(CCO)CCO)cc3)cc2)cc1. The Morgan fingerprint density at radius 1 is 0.718 bits per heavy atom. The Morgan fingerprint density at radius 3 is 1.49 bits per heavy atom. The molecule has 0 bridgehead atoms.